The van der Waals surface area contributed by atoms with E-state index in [1.54, 1.807) is 0 Å². The highest BCUT2D eigenvalue weighted by Crippen LogP contribution is 2.58. The summed E-state index contributed by atoms with van der Waals surface area (Å²) in [6.45, 7) is 13.3. The van der Waals surface area contributed by atoms with Crippen LogP contribution in [-0.2, 0) is 0 Å². The fourth-order valence-corrected chi connectivity index (χ4v) is 6.06. The molecule has 23 heavy (non-hydrogen) atoms. The Labute approximate surface area is 144 Å². The van der Waals surface area contributed by atoms with Crippen molar-refractivity contribution < 1.29 is 10.2 Å². The summed E-state index contributed by atoms with van der Waals surface area (Å²) in [5.41, 5.74) is -1.97. The number of rotatable bonds is 4. The summed E-state index contributed by atoms with van der Waals surface area (Å²) in [5.74, 6) is 1.52. The van der Waals surface area contributed by atoms with Gasteiger partial charge in [0.1, 0.15) is 0 Å². The summed E-state index contributed by atoms with van der Waals surface area (Å²) in [7, 11) is 0. The molecule has 0 aromatic carbocycles. The minimum absolute atomic E-state index is 0.296. The first kappa shape index (κ1) is 19.2. The van der Waals surface area contributed by atoms with Crippen LogP contribution >= 0.6 is 0 Å². The van der Waals surface area contributed by atoms with Crippen molar-refractivity contribution >= 4 is 0 Å². The first-order valence-corrected chi connectivity index (χ1v) is 10.0. The maximum Gasteiger partial charge on any atom is 0.0756 e. The third-order valence-electron chi connectivity index (χ3n) is 7.65. The summed E-state index contributed by atoms with van der Waals surface area (Å²) >= 11 is 0. The van der Waals surface area contributed by atoms with E-state index in [2.05, 4.69) is 41.5 Å². The highest BCUT2D eigenvalue weighted by atomic mass is 16.3. The van der Waals surface area contributed by atoms with Crippen LogP contribution < -0.4 is 0 Å². The molecule has 0 amide bonds. The minimum Gasteiger partial charge on any atom is -0.389 e. The summed E-state index contributed by atoms with van der Waals surface area (Å²) in [4.78, 5) is 0. The predicted octanol–water partition coefficient (Wildman–Crippen LogP) is 5.17. The van der Waals surface area contributed by atoms with Crippen LogP contribution in [0.25, 0.3) is 0 Å². The van der Waals surface area contributed by atoms with Crippen LogP contribution in [-0.4, -0.2) is 21.4 Å². The third-order valence-corrected chi connectivity index (χ3v) is 7.65. The van der Waals surface area contributed by atoms with Crippen LogP contribution in [0.15, 0.2) is 0 Å². The molecular formula is C21H40O2. The Kier molecular flexibility index (Phi) is 5.58. The van der Waals surface area contributed by atoms with Crippen LogP contribution in [0, 0.1) is 29.1 Å². The molecule has 0 spiro atoms. The van der Waals surface area contributed by atoms with E-state index in [0.29, 0.717) is 23.7 Å². The quantitative estimate of drug-likeness (QED) is 0.749. The first-order chi connectivity index (χ1) is 10.6. The van der Waals surface area contributed by atoms with E-state index in [4.69, 9.17) is 0 Å². The first-order valence-electron chi connectivity index (χ1n) is 10.0. The molecule has 2 saturated carbocycles. The van der Waals surface area contributed by atoms with Crippen molar-refractivity contribution in [2.75, 3.05) is 0 Å². The van der Waals surface area contributed by atoms with Gasteiger partial charge in [0.05, 0.1) is 11.2 Å². The standard InChI is InChI=1S/C21H40O2/c1-15(2)17-11-7-9-13-20(17,22)19(5,6)21(23)14-10-8-12-18(21)16(3)4/h15-18,22-23H,7-14H2,1-6H3. The molecule has 0 aromatic rings. The average molecular weight is 325 g/mol. The van der Waals surface area contributed by atoms with E-state index in [1.165, 1.54) is 12.8 Å². The van der Waals surface area contributed by atoms with Gasteiger partial charge in [-0.25, -0.2) is 0 Å². The molecule has 2 aliphatic rings. The molecular weight excluding hydrogens is 284 g/mol. The van der Waals surface area contributed by atoms with Crippen molar-refractivity contribution in [2.24, 2.45) is 29.1 Å². The van der Waals surface area contributed by atoms with Gasteiger partial charge in [-0.15, -0.1) is 0 Å². The second kappa shape index (κ2) is 6.67. The molecule has 0 heterocycles. The summed E-state index contributed by atoms with van der Waals surface area (Å²) in [6, 6.07) is 0. The van der Waals surface area contributed by atoms with Gasteiger partial charge >= 0.3 is 0 Å². The van der Waals surface area contributed by atoms with E-state index >= 15 is 0 Å². The molecule has 2 heteroatoms. The van der Waals surface area contributed by atoms with Crippen LogP contribution in [0.5, 0.6) is 0 Å². The van der Waals surface area contributed by atoms with Crippen LogP contribution in [0.1, 0.15) is 92.9 Å². The Morgan fingerprint density at radius 2 is 1.09 bits per heavy atom. The third kappa shape index (κ3) is 2.99. The smallest absolute Gasteiger partial charge is 0.0756 e. The van der Waals surface area contributed by atoms with Crippen LogP contribution in [0.4, 0.5) is 0 Å². The normalized spacial score (nSPS) is 39.9. The number of aliphatic hydroxyl groups is 2. The molecule has 136 valence electrons. The van der Waals surface area contributed by atoms with Gasteiger partial charge in [0.25, 0.3) is 0 Å². The maximum absolute atomic E-state index is 11.9. The molecule has 0 aliphatic heterocycles. The average Bonchev–Trinajstić information content (AvgIpc) is 2.47. The Balaban J connectivity index is 2.44. The molecule has 0 aromatic heterocycles. The van der Waals surface area contributed by atoms with E-state index < -0.39 is 16.6 Å². The van der Waals surface area contributed by atoms with Gasteiger partial charge < -0.3 is 10.2 Å². The lowest BCUT2D eigenvalue weighted by Gasteiger charge is -2.61. The highest BCUT2D eigenvalue weighted by Gasteiger charge is 2.62. The number of hydrogen-bond donors (Lipinski definition) is 2. The second-order valence-electron chi connectivity index (χ2n) is 9.67. The summed E-state index contributed by atoms with van der Waals surface area (Å²) < 4.78 is 0. The topological polar surface area (TPSA) is 40.5 Å². The van der Waals surface area contributed by atoms with Crippen LogP contribution in [0.2, 0.25) is 0 Å². The van der Waals surface area contributed by atoms with Gasteiger partial charge in [-0.05, 0) is 49.4 Å². The Hall–Kier alpha value is -0.0800. The van der Waals surface area contributed by atoms with Crippen molar-refractivity contribution in [3.63, 3.8) is 0 Å². The lowest BCUT2D eigenvalue weighted by atomic mass is 9.48. The summed E-state index contributed by atoms with van der Waals surface area (Å²) in [6.07, 6.45) is 8.49. The molecule has 2 rings (SSSR count). The van der Waals surface area contributed by atoms with E-state index in [-0.39, 0.29) is 0 Å². The predicted molar refractivity (Wildman–Crippen MR) is 97.3 cm³/mol. The fraction of sp³-hybridized carbons (Fsp3) is 1.00. The molecule has 2 nitrogen and oxygen atoms in total. The molecule has 4 atom stereocenters. The Morgan fingerprint density at radius 3 is 1.39 bits per heavy atom. The molecule has 2 fully saturated rings. The zero-order chi connectivity index (χ0) is 17.5. The Morgan fingerprint density at radius 1 is 0.739 bits per heavy atom. The number of hydrogen-bond acceptors (Lipinski definition) is 2. The molecule has 0 radical (unpaired) electrons. The van der Waals surface area contributed by atoms with Gasteiger partial charge in [-0.2, -0.15) is 0 Å². The second-order valence-corrected chi connectivity index (χ2v) is 9.67. The van der Waals surface area contributed by atoms with Crippen molar-refractivity contribution in [2.45, 2.75) is 104 Å². The molecule has 4 unspecified atom stereocenters. The SMILES string of the molecule is CC(C)C1CCCCC1(O)C(C)(C)C1(O)CCCCC1C(C)C. The van der Waals surface area contributed by atoms with E-state index in [0.717, 1.165) is 38.5 Å². The molecule has 2 aliphatic carbocycles. The van der Waals surface area contributed by atoms with Gasteiger partial charge in [0.2, 0.25) is 0 Å². The molecule has 0 saturated heterocycles. The zero-order valence-corrected chi connectivity index (χ0v) is 16.4. The zero-order valence-electron chi connectivity index (χ0n) is 16.4. The van der Waals surface area contributed by atoms with Gasteiger partial charge in [-0.1, -0.05) is 67.2 Å². The van der Waals surface area contributed by atoms with Gasteiger partial charge in [-0.3, -0.25) is 0 Å². The minimum atomic E-state index is -0.751. The van der Waals surface area contributed by atoms with Crippen molar-refractivity contribution in [1.82, 2.24) is 0 Å². The summed E-state index contributed by atoms with van der Waals surface area (Å²) in [5, 5.41) is 23.8. The lowest BCUT2D eigenvalue weighted by molar-refractivity contribution is -0.251. The van der Waals surface area contributed by atoms with Crippen molar-refractivity contribution in [3.05, 3.63) is 0 Å². The van der Waals surface area contributed by atoms with E-state index in [1.807, 2.05) is 0 Å². The van der Waals surface area contributed by atoms with Gasteiger partial charge in [0, 0.05) is 5.41 Å². The van der Waals surface area contributed by atoms with Crippen LogP contribution in [0.3, 0.4) is 0 Å². The van der Waals surface area contributed by atoms with Gasteiger partial charge in [0.15, 0.2) is 0 Å². The monoisotopic (exact) mass is 324 g/mol. The maximum atomic E-state index is 11.9. The highest BCUT2D eigenvalue weighted by molar-refractivity contribution is 5.12. The lowest BCUT2D eigenvalue weighted by Crippen LogP contribution is -2.67. The molecule has 2 N–H and O–H groups in total. The fourth-order valence-electron chi connectivity index (χ4n) is 6.06. The Bertz CT molecular complexity index is 365. The molecule has 0 bridgehead atoms. The van der Waals surface area contributed by atoms with Crippen molar-refractivity contribution in [1.29, 1.82) is 0 Å². The largest absolute Gasteiger partial charge is 0.389 e. The van der Waals surface area contributed by atoms with Crippen molar-refractivity contribution in [3.8, 4) is 0 Å². The van der Waals surface area contributed by atoms with E-state index in [9.17, 15) is 10.2 Å².